The summed E-state index contributed by atoms with van der Waals surface area (Å²) in [5, 5.41) is 9.36. The Balaban J connectivity index is 2.19. The van der Waals surface area contributed by atoms with Crippen molar-refractivity contribution in [1.29, 1.82) is 0 Å². The van der Waals surface area contributed by atoms with E-state index in [1.54, 1.807) is 43.8 Å². The Hall–Kier alpha value is -3.14. The fourth-order valence-corrected chi connectivity index (χ4v) is 3.60. The molecule has 0 aliphatic carbocycles. The summed E-state index contributed by atoms with van der Waals surface area (Å²) in [5.74, 6) is 0. The SMILES string of the molecule is c1cc2c3cocc3c3c4cocc4c4cocc4c3c2o1. The van der Waals surface area contributed by atoms with Crippen molar-refractivity contribution in [2.75, 3.05) is 0 Å². The molecule has 0 spiro atoms. The molecule has 0 aliphatic rings. The van der Waals surface area contributed by atoms with Crippen LogP contribution in [0.2, 0.25) is 0 Å². The molecule has 0 bridgehead atoms. The summed E-state index contributed by atoms with van der Waals surface area (Å²) in [4.78, 5) is 0. The van der Waals surface area contributed by atoms with Crippen molar-refractivity contribution >= 4 is 54.1 Å². The molecule has 0 saturated carbocycles. The van der Waals surface area contributed by atoms with Gasteiger partial charge in [-0.1, -0.05) is 0 Å². The molecule has 4 heteroatoms. The molecule has 4 heterocycles. The fraction of sp³-hybridized carbons (Fsp3) is 0. The highest BCUT2D eigenvalue weighted by Crippen LogP contribution is 2.44. The van der Waals surface area contributed by atoms with Crippen LogP contribution in [0.4, 0.5) is 0 Å². The quantitative estimate of drug-likeness (QED) is 0.353. The summed E-state index contributed by atoms with van der Waals surface area (Å²) in [6, 6.07) is 1.97. The first-order chi connectivity index (χ1) is 10.9. The van der Waals surface area contributed by atoms with Crippen molar-refractivity contribution in [2.45, 2.75) is 0 Å². The monoisotopic (exact) mass is 288 g/mol. The van der Waals surface area contributed by atoms with E-state index in [-0.39, 0.29) is 0 Å². The lowest BCUT2D eigenvalue weighted by molar-refractivity contribution is 0.570. The molecule has 0 saturated heterocycles. The number of hydrogen-bond donors (Lipinski definition) is 0. The van der Waals surface area contributed by atoms with E-state index < -0.39 is 0 Å². The van der Waals surface area contributed by atoms with Crippen molar-refractivity contribution in [2.24, 2.45) is 0 Å². The van der Waals surface area contributed by atoms with E-state index in [1.807, 2.05) is 6.07 Å². The van der Waals surface area contributed by atoms with Crippen LogP contribution in [-0.2, 0) is 0 Å². The fourth-order valence-electron chi connectivity index (χ4n) is 3.60. The molecule has 4 aromatic heterocycles. The summed E-state index contributed by atoms with van der Waals surface area (Å²) < 4.78 is 22.2. The highest BCUT2D eigenvalue weighted by molar-refractivity contribution is 6.38. The van der Waals surface area contributed by atoms with Crippen LogP contribution in [0.3, 0.4) is 0 Å². The largest absolute Gasteiger partial charge is 0.471 e. The van der Waals surface area contributed by atoms with Crippen LogP contribution in [-0.4, -0.2) is 0 Å². The number of benzene rings is 2. The maximum absolute atomic E-state index is 5.80. The minimum atomic E-state index is 0.846. The van der Waals surface area contributed by atoms with Gasteiger partial charge in [-0.15, -0.1) is 0 Å². The molecular weight excluding hydrogens is 280 g/mol. The van der Waals surface area contributed by atoms with Gasteiger partial charge in [-0.2, -0.15) is 0 Å². The summed E-state index contributed by atoms with van der Waals surface area (Å²) in [6.45, 7) is 0. The van der Waals surface area contributed by atoms with Gasteiger partial charge in [0.1, 0.15) is 5.58 Å². The molecule has 6 aromatic rings. The Bertz CT molecular complexity index is 1120. The summed E-state index contributed by atoms with van der Waals surface area (Å²) in [5.41, 5.74) is 0.846. The molecule has 0 atom stereocenters. The molecule has 4 nitrogen and oxygen atoms in total. The van der Waals surface area contributed by atoms with Crippen molar-refractivity contribution in [3.8, 4) is 0 Å². The Morgan fingerprint density at radius 3 is 1.64 bits per heavy atom. The smallest absolute Gasteiger partial charge is 0.143 e. The second-order valence-electron chi connectivity index (χ2n) is 5.51. The van der Waals surface area contributed by atoms with Gasteiger partial charge in [0, 0.05) is 48.5 Å². The van der Waals surface area contributed by atoms with Crippen LogP contribution in [0.15, 0.2) is 67.6 Å². The van der Waals surface area contributed by atoms with Gasteiger partial charge in [0.05, 0.1) is 43.8 Å². The highest BCUT2D eigenvalue weighted by Gasteiger charge is 2.20. The Morgan fingerprint density at radius 2 is 1.00 bits per heavy atom. The molecule has 0 N–H and O–H groups in total. The maximum atomic E-state index is 5.80. The van der Waals surface area contributed by atoms with Crippen molar-refractivity contribution in [3.05, 3.63) is 49.9 Å². The zero-order valence-corrected chi connectivity index (χ0v) is 11.3. The van der Waals surface area contributed by atoms with Gasteiger partial charge in [0.15, 0.2) is 0 Å². The molecule has 0 aliphatic heterocycles. The lowest BCUT2D eigenvalue weighted by Gasteiger charge is -2.05. The minimum Gasteiger partial charge on any atom is -0.471 e. The topological polar surface area (TPSA) is 52.6 Å². The van der Waals surface area contributed by atoms with E-state index in [0.29, 0.717) is 0 Å². The van der Waals surface area contributed by atoms with E-state index in [1.165, 1.54) is 0 Å². The predicted octanol–water partition coefficient (Wildman–Crippen LogP) is 5.82. The van der Waals surface area contributed by atoms with E-state index in [0.717, 1.165) is 54.1 Å². The molecule has 0 radical (unpaired) electrons. The summed E-state index contributed by atoms with van der Waals surface area (Å²) in [6.07, 6.45) is 12.3. The first-order valence-electron chi connectivity index (χ1n) is 6.96. The summed E-state index contributed by atoms with van der Waals surface area (Å²) >= 11 is 0. The van der Waals surface area contributed by atoms with Gasteiger partial charge in [0.2, 0.25) is 0 Å². The van der Waals surface area contributed by atoms with E-state index in [4.69, 9.17) is 17.7 Å². The third-order valence-electron chi connectivity index (χ3n) is 4.52. The molecule has 104 valence electrons. The number of fused-ring (bicyclic) bond motifs is 11. The van der Waals surface area contributed by atoms with Crippen LogP contribution < -0.4 is 0 Å². The van der Waals surface area contributed by atoms with Gasteiger partial charge in [-0.3, -0.25) is 0 Å². The minimum absolute atomic E-state index is 0.846. The molecule has 0 unspecified atom stereocenters. The molecular formula is C18H8O4. The van der Waals surface area contributed by atoms with Gasteiger partial charge in [-0.25, -0.2) is 0 Å². The van der Waals surface area contributed by atoms with E-state index in [2.05, 4.69) is 0 Å². The van der Waals surface area contributed by atoms with Crippen molar-refractivity contribution < 1.29 is 17.7 Å². The molecule has 2 aromatic carbocycles. The second-order valence-corrected chi connectivity index (χ2v) is 5.51. The second kappa shape index (κ2) is 3.36. The van der Waals surface area contributed by atoms with Crippen molar-refractivity contribution in [1.82, 2.24) is 0 Å². The average Bonchev–Trinajstić information content (AvgIpc) is 3.28. The Kier molecular flexibility index (Phi) is 1.61. The molecule has 22 heavy (non-hydrogen) atoms. The third-order valence-corrected chi connectivity index (χ3v) is 4.52. The predicted molar refractivity (Wildman–Crippen MR) is 83.0 cm³/mol. The Morgan fingerprint density at radius 1 is 0.500 bits per heavy atom. The first-order valence-corrected chi connectivity index (χ1v) is 6.96. The normalized spacial score (nSPS) is 12.5. The maximum Gasteiger partial charge on any atom is 0.143 e. The van der Waals surface area contributed by atoms with Crippen LogP contribution in [0.25, 0.3) is 54.1 Å². The zero-order valence-electron chi connectivity index (χ0n) is 11.3. The molecule has 0 fully saturated rings. The standard InChI is InChI=1S/C18H8O4/c1-2-22-18-9(1)10-3-19-6-13(10)16-14-7-20-4-11(14)12-5-21-8-15(12)17(16)18/h1-8H. The van der Waals surface area contributed by atoms with Crippen molar-refractivity contribution in [3.63, 3.8) is 0 Å². The number of hydrogen-bond acceptors (Lipinski definition) is 4. The third kappa shape index (κ3) is 1.01. The lowest BCUT2D eigenvalue weighted by atomic mass is 9.95. The number of furan rings is 4. The Labute approximate surface area is 122 Å². The van der Waals surface area contributed by atoms with E-state index >= 15 is 0 Å². The van der Waals surface area contributed by atoms with Gasteiger partial charge < -0.3 is 17.7 Å². The molecule has 6 rings (SSSR count). The lowest BCUT2D eigenvalue weighted by Crippen LogP contribution is -1.80. The van der Waals surface area contributed by atoms with Gasteiger partial charge in [0.25, 0.3) is 0 Å². The molecule has 0 amide bonds. The summed E-state index contributed by atoms with van der Waals surface area (Å²) in [7, 11) is 0. The number of rotatable bonds is 0. The van der Waals surface area contributed by atoms with E-state index in [9.17, 15) is 0 Å². The van der Waals surface area contributed by atoms with Crippen LogP contribution in [0.1, 0.15) is 0 Å². The van der Waals surface area contributed by atoms with Gasteiger partial charge >= 0.3 is 0 Å². The zero-order chi connectivity index (χ0) is 14.3. The van der Waals surface area contributed by atoms with Crippen LogP contribution in [0, 0.1) is 0 Å². The highest BCUT2D eigenvalue weighted by atomic mass is 16.3. The van der Waals surface area contributed by atoms with Crippen LogP contribution >= 0.6 is 0 Å². The van der Waals surface area contributed by atoms with Gasteiger partial charge in [-0.05, 0) is 6.07 Å². The van der Waals surface area contributed by atoms with Crippen LogP contribution in [0.5, 0.6) is 0 Å². The average molecular weight is 288 g/mol. The first kappa shape index (κ1) is 10.6.